The third kappa shape index (κ3) is 2.82. The van der Waals surface area contributed by atoms with Gasteiger partial charge in [0.25, 0.3) is 0 Å². The Morgan fingerprint density at radius 1 is 1.18 bits per heavy atom. The quantitative estimate of drug-likeness (QED) is 0.844. The van der Waals surface area contributed by atoms with E-state index in [9.17, 15) is 0 Å². The van der Waals surface area contributed by atoms with Gasteiger partial charge in [-0.15, -0.1) is 0 Å². The maximum atomic E-state index is 5.67. The molecule has 1 heterocycles. The zero-order valence-electron chi connectivity index (χ0n) is 9.98. The molecule has 0 saturated carbocycles. The lowest BCUT2D eigenvalue weighted by Crippen LogP contribution is -2.03. The largest absolute Gasteiger partial charge is 0.340 e. The molecule has 3 nitrogen and oxygen atoms in total. The number of nitrogens with two attached hydrogens (primary N) is 1. The minimum Gasteiger partial charge on any atom is -0.340 e. The molecular formula is C14H17N3. The zero-order valence-corrected chi connectivity index (χ0v) is 9.98. The molecule has 0 fully saturated rings. The van der Waals surface area contributed by atoms with E-state index in [2.05, 4.69) is 41.5 Å². The lowest BCUT2D eigenvalue weighted by Gasteiger charge is -2.09. The van der Waals surface area contributed by atoms with Crippen molar-refractivity contribution < 1.29 is 0 Å². The van der Waals surface area contributed by atoms with Gasteiger partial charge in [-0.25, -0.2) is 4.98 Å². The molecule has 0 aliphatic heterocycles. The third-order valence-corrected chi connectivity index (χ3v) is 2.74. The molecule has 0 bridgehead atoms. The van der Waals surface area contributed by atoms with Crippen LogP contribution in [-0.2, 0) is 13.0 Å². The molecule has 0 aliphatic carbocycles. The van der Waals surface area contributed by atoms with Crippen LogP contribution in [0.25, 0.3) is 0 Å². The second kappa shape index (κ2) is 5.46. The standard InChI is InChI=1S/C14H17N3/c1-2-11-5-7-13(8-6-11)17-14-12(10-15)4-3-9-16-14/h3-9H,2,10,15H2,1H3,(H,16,17). The number of benzene rings is 1. The molecule has 0 amide bonds. The first kappa shape index (κ1) is 11.6. The first-order chi connectivity index (χ1) is 8.33. The van der Waals surface area contributed by atoms with Gasteiger partial charge in [0.1, 0.15) is 5.82 Å². The molecule has 1 aromatic heterocycles. The molecule has 2 rings (SSSR count). The van der Waals surface area contributed by atoms with Crippen LogP contribution in [0.1, 0.15) is 18.1 Å². The van der Waals surface area contributed by atoms with Gasteiger partial charge in [-0.3, -0.25) is 0 Å². The number of hydrogen-bond donors (Lipinski definition) is 2. The van der Waals surface area contributed by atoms with Crippen molar-refractivity contribution in [2.45, 2.75) is 19.9 Å². The van der Waals surface area contributed by atoms with Crippen LogP contribution in [-0.4, -0.2) is 4.98 Å². The van der Waals surface area contributed by atoms with Gasteiger partial charge < -0.3 is 11.1 Å². The van der Waals surface area contributed by atoms with Crippen molar-refractivity contribution in [2.24, 2.45) is 5.73 Å². The fourth-order valence-electron chi connectivity index (χ4n) is 1.68. The van der Waals surface area contributed by atoms with Crippen LogP contribution in [0.15, 0.2) is 42.6 Å². The van der Waals surface area contributed by atoms with E-state index in [0.717, 1.165) is 23.5 Å². The highest BCUT2D eigenvalue weighted by molar-refractivity contribution is 5.59. The Kier molecular flexibility index (Phi) is 3.73. The Morgan fingerprint density at radius 2 is 1.94 bits per heavy atom. The van der Waals surface area contributed by atoms with Crippen molar-refractivity contribution in [3.8, 4) is 0 Å². The van der Waals surface area contributed by atoms with Gasteiger partial charge in [0, 0.05) is 24.0 Å². The first-order valence-corrected chi connectivity index (χ1v) is 5.83. The molecule has 88 valence electrons. The summed E-state index contributed by atoms with van der Waals surface area (Å²) >= 11 is 0. The van der Waals surface area contributed by atoms with E-state index in [1.165, 1.54) is 5.56 Å². The molecular weight excluding hydrogens is 210 g/mol. The van der Waals surface area contributed by atoms with Gasteiger partial charge in [-0.2, -0.15) is 0 Å². The number of hydrogen-bond acceptors (Lipinski definition) is 3. The molecule has 0 unspecified atom stereocenters. The zero-order chi connectivity index (χ0) is 12.1. The van der Waals surface area contributed by atoms with Gasteiger partial charge >= 0.3 is 0 Å². The van der Waals surface area contributed by atoms with Crippen molar-refractivity contribution in [1.29, 1.82) is 0 Å². The summed E-state index contributed by atoms with van der Waals surface area (Å²) in [5.41, 5.74) is 9.06. The van der Waals surface area contributed by atoms with Crippen molar-refractivity contribution in [2.75, 3.05) is 5.32 Å². The van der Waals surface area contributed by atoms with Crippen LogP contribution in [0.3, 0.4) is 0 Å². The minimum atomic E-state index is 0.489. The van der Waals surface area contributed by atoms with E-state index in [4.69, 9.17) is 5.73 Å². The van der Waals surface area contributed by atoms with Gasteiger partial charge in [-0.05, 0) is 30.2 Å². The summed E-state index contributed by atoms with van der Waals surface area (Å²) in [5.74, 6) is 0.833. The lowest BCUT2D eigenvalue weighted by atomic mass is 10.1. The van der Waals surface area contributed by atoms with Crippen LogP contribution >= 0.6 is 0 Å². The van der Waals surface area contributed by atoms with Crippen LogP contribution in [0.5, 0.6) is 0 Å². The summed E-state index contributed by atoms with van der Waals surface area (Å²) in [7, 11) is 0. The third-order valence-electron chi connectivity index (χ3n) is 2.74. The fraction of sp³-hybridized carbons (Fsp3) is 0.214. The van der Waals surface area contributed by atoms with E-state index >= 15 is 0 Å². The van der Waals surface area contributed by atoms with Crippen LogP contribution in [0, 0.1) is 0 Å². The van der Waals surface area contributed by atoms with Crippen LogP contribution in [0.4, 0.5) is 11.5 Å². The van der Waals surface area contributed by atoms with E-state index < -0.39 is 0 Å². The first-order valence-electron chi connectivity index (χ1n) is 5.83. The second-order valence-corrected chi connectivity index (χ2v) is 3.89. The smallest absolute Gasteiger partial charge is 0.134 e. The highest BCUT2D eigenvalue weighted by Crippen LogP contribution is 2.18. The Labute approximate surface area is 102 Å². The molecule has 3 N–H and O–H groups in total. The summed E-state index contributed by atoms with van der Waals surface area (Å²) in [4.78, 5) is 4.30. The van der Waals surface area contributed by atoms with Crippen LogP contribution in [0.2, 0.25) is 0 Å². The number of nitrogens with one attached hydrogen (secondary N) is 1. The number of pyridine rings is 1. The van der Waals surface area contributed by atoms with E-state index in [1.54, 1.807) is 6.20 Å². The molecule has 0 radical (unpaired) electrons. The molecule has 0 aliphatic rings. The van der Waals surface area contributed by atoms with E-state index in [0.29, 0.717) is 6.54 Å². The average Bonchev–Trinajstić information content (AvgIpc) is 2.40. The molecule has 17 heavy (non-hydrogen) atoms. The predicted octanol–water partition coefficient (Wildman–Crippen LogP) is 2.85. The predicted molar refractivity (Wildman–Crippen MR) is 71.2 cm³/mol. The van der Waals surface area contributed by atoms with Crippen molar-refractivity contribution in [1.82, 2.24) is 4.98 Å². The molecule has 0 atom stereocenters. The maximum Gasteiger partial charge on any atom is 0.134 e. The highest BCUT2D eigenvalue weighted by Gasteiger charge is 2.01. The number of nitrogens with zero attached hydrogens (tertiary/aromatic N) is 1. The molecule has 0 spiro atoms. The molecule has 3 heteroatoms. The van der Waals surface area contributed by atoms with Gasteiger partial charge in [0.2, 0.25) is 0 Å². The number of aryl methyl sites for hydroxylation is 1. The SMILES string of the molecule is CCc1ccc(Nc2ncccc2CN)cc1. The Bertz CT molecular complexity index is 477. The minimum absolute atomic E-state index is 0.489. The molecule has 0 saturated heterocycles. The average molecular weight is 227 g/mol. The maximum absolute atomic E-state index is 5.67. The normalized spacial score (nSPS) is 10.2. The number of anilines is 2. The summed E-state index contributed by atoms with van der Waals surface area (Å²) in [6.45, 7) is 2.64. The van der Waals surface area contributed by atoms with Gasteiger partial charge in [0.15, 0.2) is 0 Å². The second-order valence-electron chi connectivity index (χ2n) is 3.89. The molecule has 2 aromatic rings. The Morgan fingerprint density at radius 3 is 2.59 bits per heavy atom. The summed E-state index contributed by atoms with van der Waals surface area (Å²) in [5, 5.41) is 3.28. The van der Waals surface area contributed by atoms with Crippen molar-refractivity contribution in [3.05, 3.63) is 53.7 Å². The monoisotopic (exact) mass is 227 g/mol. The summed E-state index contributed by atoms with van der Waals surface area (Å²) < 4.78 is 0. The Balaban J connectivity index is 2.19. The highest BCUT2D eigenvalue weighted by atomic mass is 15.0. The van der Waals surface area contributed by atoms with E-state index in [1.807, 2.05) is 12.1 Å². The lowest BCUT2D eigenvalue weighted by molar-refractivity contribution is 1.05. The van der Waals surface area contributed by atoms with Gasteiger partial charge in [-0.1, -0.05) is 25.1 Å². The Hall–Kier alpha value is -1.87. The number of aromatic nitrogens is 1. The van der Waals surface area contributed by atoms with Gasteiger partial charge in [0.05, 0.1) is 0 Å². The number of rotatable bonds is 4. The summed E-state index contributed by atoms with van der Waals surface area (Å²) in [6.07, 6.45) is 2.82. The topological polar surface area (TPSA) is 50.9 Å². The van der Waals surface area contributed by atoms with Crippen molar-refractivity contribution in [3.63, 3.8) is 0 Å². The fourth-order valence-corrected chi connectivity index (χ4v) is 1.68. The van der Waals surface area contributed by atoms with E-state index in [-0.39, 0.29) is 0 Å². The molecule has 1 aromatic carbocycles. The summed E-state index contributed by atoms with van der Waals surface area (Å²) in [6, 6.07) is 12.2. The van der Waals surface area contributed by atoms with Crippen molar-refractivity contribution >= 4 is 11.5 Å². The van der Waals surface area contributed by atoms with Crippen LogP contribution < -0.4 is 11.1 Å².